The van der Waals surface area contributed by atoms with Gasteiger partial charge in [0.15, 0.2) is 0 Å². The third-order valence-corrected chi connectivity index (χ3v) is 3.45. The molecule has 0 atom stereocenters. The second kappa shape index (κ2) is 16.4. The number of nitrogens with zero attached hydrogens (tertiary/aromatic N) is 1. The van der Waals surface area contributed by atoms with Crippen LogP contribution in [0.25, 0.3) is 0 Å². The van der Waals surface area contributed by atoms with Crippen LogP contribution in [0.15, 0.2) is 60.4 Å². The van der Waals surface area contributed by atoms with Gasteiger partial charge in [-0.2, -0.15) is 0 Å². The molecule has 0 spiro atoms. The second-order valence-electron chi connectivity index (χ2n) is 5.61. The number of hydrogen-bond acceptors (Lipinski definition) is 3. The van der Waals surface area contributed by atoms with E-state index in [4.69, 9.17) is 5.11 Å². The fraction of sp³-hybridized carbons (Fsp3) is 0.450. The first-order valence-electron chi connectivity index (χ1n) is 8.84. The standard InChI is InChI=1S/C20H29NO4/c1-2-3-4-5-6-7-8-9-10-11-12-13-14-15-16-17-18-19(20(22)23)21(24)25/h10-18H,2-9H2,1H3,(H,22,23). The first-order chi connectivity index (χ1) is 12.1. The van der Waals surface area contributed by atoms with Crippen molar-refractivity contribution in [3.8, 4) is 0 Å². The monoisotopic (exact) mass is 347 g/mol. The molecule has 25 heavy (non-hydrogen) atoms. The molecule has 5 heteroatoms. The van der Waals surface area contributed by atoms with Crippen molar-refractivity contribution in [2.75, 3.05) is 0 Å². The Kier molecular flexibility index (Phi) is 14.8. The van der Waals surface area contributed by atoms with Crippen molar-refractivity contribution in [3.05, 3.63) is 70.5 Å². The maximum absolute atomic E-state index is 10.6. The van der Waals surface area contributed by atoms with E-state index in [1.54, 1.807) is 18.2 Å². The maximum Gasteiger partial charge on any atom is 0.407 e. The molecule has 0 aromatic rings. The molecule has 0 fully saturated rings. The van der Waals surface area contributed by atoms with E-state index < -0.39 is 16.6 Å². The fourth-order valence-electron chi connectivity index (χ4n) is 2.07. The molecule has 0 bridgehead atoms. The van der Waals surface area contributed by atoms with E-state index >= 15 is 0 Å². The molecule has 0 saturated carbocycles. The van der Waals surface area contributed by atoms with Gasteiger partial charge in [-0.1, -0.05) is 94.1 Å². The summed E-state index contributed by atoms with van der Waals surface area (Å²) in [6.07, 6.45) is 25.5. The molecule has 0 aliphatic heterocycles. The largest absolute Gasteiger partial charge is 0.473 e. The van der Waals surface area contributed by atoms with E-state index in [0.29, 0.717) is 0 Å². The van der Waals surface area contributed by atoms with Crippen molar-refractivity contribution in [2.24, 2.45) is 0 Å². The van der Waals surface area contributed by atoms with Crippen LogP contribution >= 0.6 is 0 Å². The molecule has 0 unspecified atom stereocenters. The Morgan fingerprint density at radius 3 is 1.96 bits per heavy atom. The zero-order valence-electron chi connectivity index (χ0n) is 15.0. The van der Waals surface area contributed by atoms with Crippen LogP contribution in [-0.2, 0) is 4.79 Å². The third kappa shape index (κ3) is 14.9. The van der Waals surface area contributed by atoms with Crippen LogP contribution < -0.4 is 0 Å². The molecular formula is C20H29NO4. The molecule has 5 nitrogen and oxygen atoms in total. The van der Waals surface area contributed by atoms with Crippen molar-refractivity contribution in [1.82, 2.24) is 0 Å². The minimum absolute atomic E-state index is 0.853. The smallest absolute Gasteiger partial charge is 0.407 e. The van der Waals surface area contributed by atoms with Gasteiger partial charge in [-0.15, -0.1) is 0 Å². The number of hydrogen-bond donors (Lipinski definition) is 1. The number of carboxylic acid groups (broad SMARTS) is 1. The van der Waals surface area contributed by atoms with Gasteiger partial charge in [0, 0.05) is 6.08 Å². The molecule has 0 aromatic carbocycles. The Bertz CT molecular complexity index is 512. The molecule has 0 aliphatic rings. The highest BCUT2D eigenvalue weighted by molar-refractivity contribution is 5.84. The van der Waals surface area contributed by atoms with Crippen LogP contribution in [0.1, 0.15) is 58.3 Å². The van der Waals surface area contributed by atoms with Gasteiger partial charge in [-0.25, -0.2) is 4.79 Å². The molecule has 0 radical (unpaired) electrons. The summed E-state index contributed by atoms with van der Waals surface area (Å²) in [6, 6.07) is 0. The van der Waals surface area contributed by atoms with E-state index in [9.17, 15) is 14.9 Å². The Morgan fingerprint density at radius 1 is 0.880 bits per heavy atom. The molecule has 0 rings (SSSR count). The Morgan fingerprint density at radius 2 is 1.40 bits per heavy atom. The van der Waals surface area contributed by atoms with Crippen molar-refractivity contribution in [3.63, 3.8) is 0 Å². The minimum Gasteiger partial charge on any atom is -0.473 e. The van der Waals surface area contributed by atoms with E-state index in [0.717, 1.165) is 12.5 Å². The summed E-state index contributed by atoms with van der Waals surface area (Å²) >= 11 is 0. The van der Waals surface area contributed by atoms with Crippen molar-refractivity contribution >= 4 is 5.97 Å². The summed E-state index contributed by atoms with van der Waals surface area (Å²) in [5.41, 5.74) is -0.853. The van der Waals surface area contributed by atoms with Gasteiger partial charge in [0.25, 0.3) is 0 Å². The number of carboxylic acids is 1. The Labute approximate surface area is 150 Å². The predicted molar refractivity (Wildman–Crippen MR) is 102 cm³/mol. The fourth-order valence-corrected chi connectivity index (χ4v) is 2.07. The highest BCUT2D eigenvalue weighted by Gasteiger charge is 2.18. The van der Waals surface area contributed by atoms with E-state index in [1.807, 2.05) is 18.2 Å². The SMILES string of the molecule is CCCCCCCCCC=CC=CC=CC=CC=C(C(=O)O)[N+](=O)[O-]. The zero-order chi connectivity index (χ0) is 18.8. The van der Waals surface area contributed by atoms with Crippen molar-refractivity contribution < 1.29 is 14.8 Å². The Hall–Kier alpha value is -2.43. The van der Waals surface area contributed by atoms with Gasteiger partial charge in [-0.05, 0) is 12.8 Å². The van der Waals surface area contributed by atoms with Gasteiger partial charge in [0.2, 0.25) is 0 Å². The average molecular weight is 347 g/mol. The number of aliphatic carboxylic acids is 1. The van der Waals surface area contributed by atoms with Crippen molar-refractivity contribution in [2.45, 2.75) is 58.3 Å². The summed E-state index contributed by atoms with van der Waals surface area (Å²) < 4.78 is 0. The predicted octanol–water partition coefficient (Wildman–Crippen LogP) is 5.60. The number of allylic oxidation sites excluding steroid dienone is 9. The zero-order valence-corrected chi connectivity index (χ0v) is 15.0. The molecule has 0 heterocycles. The first kappa shape index (κ1) is 22.6. The molecular weight excluding hydrogens is 318 g/mol. The lowest BCUT2D eigenvalue weighted by molar-refractivity contribution is -0.420. The normalized spacial score (nSPS) is 12.9. The highest BCUT2D eigenvalue weighted by Crippen LogP contribution is 2.08. The summed E-state index contributed by atoms with van der Waals surface area (Å²) in [5.74, 6) is -1.55. The average Bonchev–Trinajstić information content (AvgIpc) is 2.57. The summed E-state index contributed by atoms with van der Waals surface area (Å²) in [6.45, 7) is 2.23. The van der Waals surface area contributed by atoms with Crippen LogP contribution in [0.4, 0.5) is 0 Å². The lowest BCUT2D eigenvalue weighted by Gasteiger charge is -1.98. The number of rotatable bonds is 14. The molecule has 0 aliphatic carbocycles. The van der Waals surface area contributed by atoms with E-state index in [2.05, 4.69) is 13.0 Å². The molecule has 0 saturated heterocycles. The van der Waals surface area contributed by atoms with Gasteiger partial charge < -0.3 is 5.11 Å². The van der Waals surface area contributed by atoms with Crippen LogP contribution in [-0.4, -0.2) is 16.0 Å². The molecule has 1 N–H and O–H groups in total. The second-order valence-corrected chi connectivity index (χ2v) is 5.61. The lowest BCUT2D eigenvalue weighted by Crippen LogP contribution is -2.09. The third-order valence-electron chi connectivity index (χ3n) is 3.45. The minimum atomic E-state index is -1.55. The molecule has 138 valence electrons. The van der Waals surface area contributed by atoms with E-state index in [1.165, 1.54) is 51.0 Å². The van der Waals surface area contributed by atoms with Gasteiger partial charge in [0.05, 0.1) is 4.92 Å². The number of unbranched alkanes of at least 4 members (excludes halogenated alkanes) is 7. The summed E-state index contributed by atoms with van der Waals surface area (Å²) in [7, 11) is 0. The first-order valence-corrected chi connectivity index (χ1v) is 8.84. The number of nitro groups is 1. The summed E-state index contributed by atoms with van der Waals surface area (Å²) in [5, 5.41) is 19.0. The Balaban J connectivity index is 3.84. The quantitative estimate of drug-likeness (QED) is 0.146. The van der Waals surface area contributed by atoms with Crippen LogP contribution in [0.3, 0.4) is 0 Å². The van der Waals surface area contributed by atoms with Crippen LogP contribution in [0.5, 0.6) is 0 Å². The van der Waals surface area contributed by atoms with Gasteiger partial charge in [-0.3, -0.25) is 10.1 Å². The topological polar surface area (TPSA) is 80.4 Å². The molecule has 0 amide bonds. The maximum atomic E-state index is 10.6. The van der Waals surface area contributed by atoms with Crippen LogP contribution in [0.2, 0.25) is 0 Å². The lowest BCUT2D eigenvalue weighted by atomic mass is 10.1. The summed E-state index contributed by atoms with van der Waals surface area (Å²) in [4.78, 5) is 20.0. The molecule has 0 aromatic heterocycles. The number of carbonyl (C=O) groups is 1. The van der Waals surface area contributed by atoms with E-state index in [-0.39, 0.29) is 0 Å². The van der Waals surface area contributed by atoms with Gasteiger partial charge >= 0.3 is 11.7 Å². The highest BCUT2D eigenvalue weighted by atomic mass is 16.6. The van der Waals surface area contributed by atoms with Crippen LogP contribution in [0, 0.1) is 10.1 Å². The van der Waals surface area contributed by atoms with Crippen molar-refractivity contribution in [1.29, 1.82) is 0 Å². The van der Waals surface area contributed by atoms with Gasteiger partial charge in [0.1, 0.15) is 0 Å².